The molecule has 1 aliphatic rings. The van der Waals surface area contributed by atoms with E-state index >= 15 is 0 Å². The summed E-state index contributed by atoms with van der Waals surface area (Å²) >= 11 is 5.64. The number of nitrogens with zero attached hydrogens (tertiary/aromatic N) is 2. The van der Waals surface area contributed by atoms with E-state index in [-0.39, 0.29) is 0 Å². The van der Waals surface area contributed by atoms with Gasteiger partial charge in [-0.1, -0.05) is 0 Å². The second-order valence-corrected chi connectivity index (χ2v) is 3.41. The zero-order chi connectivity index (χ0) is 7.68. The summed E-state index contributed by atoms with van der Waals surface area (Å²) < 4.78 is 2.00. The third kappa shape index (κ3) is 1.74. The highest BCUT2D eigenvalue weighted by atomic mass is 35.5. The highest BCUT2D eigenvalue weighted by Gasteiger charge is 2.21. The van der Waals surface area contributed by atoms with Gasteiger partial charge < -0.3 is 0 Å². The van der Waals surface area contributed by atoms with E-state index in [2.05, 4.69) is 5.10 Å². The quantitative estimate of drug-likeness (QED) is 0.635. The molecule has 0 N–H and O–H groups in total. The summed E-state index contributed by atoms with van der Waals surface area (Å²) in [5.41, 5.74) is 1.12. The first-order chi connectivity index (χ1) is 5.38. The molecule has 0 radical (unpaired) electrons. The molecule has 0 bridgehead atoms. The van der Waals surface area contributed by atoms with Crippen molar-refractivity contribution >= 4 is 11.6 Å². The van der Waals surface area contributed by atoms with Gasteiger partial charge in [0.2, 0.25) is 0 Å². The van der Waals surface area contributed by atoms with Crippen LogP contribution in [0.4, 0.5) is 0 Å². The van der Waals surface area contributed by atoms with Crippen LogP contribution in [0, 0.1) is 5.92 Å². The molecule has 1 heterocycles. The molecule has 0 amide bonds. The fourth-order valence-corrected chi connectivity index (χ4v) is 1.28. The van der Waals surface area contributed by atoms with Crippen LogP contribution in [-0.2, 0) is 12.4 Å². The largest absolute Gasteiger partial charge is 0.272 e. The molecular formula is C8H11ClN2. The minimum atomic E-state index is 0.574. The van der Waals surface area contributed by atoms with Crippen molar-refractivity contribution in [3.63, 3.8) is 0 Å². The van der Waals surface area contributed by atoms with Crippen molar-refractivity contribution < 1.29 is 0 Å². The molecule has 0 spiro atoms. The Morgan fingerprint density at radius 2 is 2.45 bits per heavy atom. The second kappa shape index (κ2) is 2.86. The molecule has 0 unspecified atom stereocenters. The molecule has 1 fully saturated rings. The van der Waals surface area contributed by atoms with Crippen molar-refractivity contribution in [3.05, 3.63) is 18.0 Å². The van der Waals surface area contributed by atoms with E-state index in [9.17, 15) is 0 Å². The fraction of sp³-hybridized carbons (Fsp3) is 0.625. The molecule has 1 saturated carbocycles. The Labute approximate surface area is 71.2 Å². The van der Waals surface area contributed by atoms with Crippen molar-refractivity contribution in [3.8, 4) is 0 Å². The fourth-order valence-electron chi connectivity index (χ4n) is 1.14. The monoisotopic (exact) mass is 170 g/mol. The molecule has 11 heavy (non-hydrogen) atoms. The first-order valence-corrected chi connectivity index (χ1v) is 4.49. The van der Waals surface area contributed by atoms with Gasteiger partial charge in [0.1, 0.15) is 0 Å². The van der Waals surface area contributed by atoms with Crippen molar-refractivity contribution in [1.82, 2.24) is 9.78 Å². The van der Waals surface area contributed by atoms with Crippen LogP contribution in [0.2, 0.25) is 0 Å². The number of hydrogen-bond acceptors (Lipinski definition) is 1. The average molecular weight is 171 g/mol. The summed E-state index contributed by atoms with van der Waals surface area (Å²) in [5.74, 6) is 1.46. The minimum Gasteiger partial charge on any atom is -0.272 e. The SMILES string of the molecule is ClCc1cnn(CC2CC2)c1. The number of halogens is 1. The van der Waals surface area contributed by atoms with Crippen LogP contribution in [-0.4, -0.2) is 9.78 Å². The minimum absolute atomic E-state index is 0.574. The van der Waals surface area contributed by atoms with E-state index in [1.165, 1.54) is 12.8 Å². The van der Waals surface area contributed by atoms with Gasteiger partial charge in [-0.05, 0) is 18.8 Å². The Balaban J connectivity index is 1.99. The van der Waals surface area contributed by atoms with Gasteiger partial charge in [-0.3, -0.25) is 4.68 Å². The van der Waals surface area contributed by atoms with Crippen LogP contribution in [0.15, 0.2) is 12.4 Å². The van der Waals surface area contributed by atoms with Gasteiger partial charge in [0.15, 0.2) is 0 Å². The Morgan fingerprint density at radius 3 is 3.00 bits per heavy atom. The van der Waals surface area contributed by atoms with Crippen LogP contribution in [0.1, 0.15) is 18.4 Å². The first kappa shape index (κ1) is 7.17. The van der Waals surface area contributed by atoms with E-state index in [1.807, 2.05) is 17.1 Å². The molecule has 1 aromatic heterocycles. The Morgan fingerprint density at radius 1 is 1.64 bits per heavy atom. The molecule has 60 valence electrons. The smallest absolute Gasteiger partial charge is 0.0533 e. The van der Waals surface area contributed by atoms with E-state index in [0.29, 0.717) is 5.88 Å². The average Bonchev–Trinajstić information content (AvgIpc) is 2.68. The lowest BCUT2D eigenvalue weighted by Gasteiger charge is -1.95. The molecule has 1 aromatic rings. The maximum Gasteiger partial charge on any atom is 0.0533 e. The second-order valence-electron chi connectivity index (χ2n) is 3.15. The molecule has 2 nitrogen and oxygen atoms in total. The molecule has 0 aliphatic heterocycles. The van der Waals surface area contributed by atoms with Gasteiger partial charge in [0.25, 0.3) is 0 Å². The molecule has 0 atom stereocenters. The zero-order valence-corrected chi connectivity index (χ0v) is 7.09. The van der Waals surface area contributed by atoms with Gasteiger partial charge in [-0.15, -0.1) is 11.6 Å². The number of hydrogen-bond donors (Lipinski definition) is 0. The van der Waals surface area contributed by atoms with Crippen LogP contribution in [0.25, 0.3) is 0 Å². The lowest BCUT2D eigenvalue weighted by atomic mass is 10.4. The summed E-state index contributed by atoms with van der Waals surface area (Å²) in [5, 5.41) is 4.20. The van der Waals surface area contributed by atoms with Crippen LogP contribution < -0.4 is 0 Å². The molecule has 1 aliphatic carbocycles. The lowest BCUT2D eigenvalue weighted by Crippen LogP contribution is -1.99. The van der Waals surface area contributed by atoms with E-state index < -0.39 is 0 Å². The summed E-state index contributed by atoms with van der Waals surface area (Å²) in [4.78, 5) is 0. The maximum absolute atomic E-state index is 5.64. The predicted molar refractivity (Wildman–Crippen MR) is 44.5 cm³/mol. The third-order valence-corrected chi connectivity index (χ3v) is 2.29. The van der Waals surface area contributed by atoms with Gasteiger partial charge >= 0.3 is 0 Å². The van der Waals surface area contributed by atoms with E-state index in [4.69, 9.17) is 11.6 Å². The van der Waals surface area contributed by atoms with E-state index in [0.717, 1.165) is 18.0 Å². The van der Waals surface area contributed by atoms with Crippen LogP contribution in [0.5, 0.6) is 0 Å². The lowest BCUT2D eigenvalue weighted by molar-refractivity contribution is 0.563. The van der Waals surface area contributed by atoms with Gasteiger partial charge in [0.05, 0.1) is 12.1 Å². The molecule has 0 aromatic carbocycles. The van der Waals surface area contributed by atoms with Crippen LogP contribution in [0.3, 0.4) is 0 Å². The van der Waals surface area contributed by atoms with Gasteiger partial charge in [0, 0.05) is 18.3 Å². The molecule has 3 heteroatoms. The Hall–Kier alpha value is -0.500. The maximum atomic E-state index is 5.64. The number of aromatic nitrogens is 2. The molecular weight excluding hydrogens is 160 g/mol. The van der Waals surface area contributed by atoms with Gasteiger partial charge in [-0.2, -0.15) is 5.10 Å². The van der Waals surface area contributed by atoms with Crippen LogP contribution >= 0.6 is 11.6 Å². The standard InChI is InChI=1S/C8H11ClN2/c9-3-8-4-10-11(6-8)5-7-1-2-7/h4,6-7H,1-3,5H2. The molecule has 0 saturated heterocycles. The number of rotatable bonds is 3. The van der Waals surface area contributed by atoms with Crippen molar-refractivity contribution in [1.29, 1.82) is 0 Å². The first-order valence-electron chi connectivity index (χ1n) is 3.96. The summed E-state index contributed by atoms with van der Waals surface area (Å²) in [6.07, 6.45) is 6.62. The highest BCUT2D eigenvalue weighted by molar-refractivity contribution is 6.17. The molecule has 2 rings (SSSR count). The third-order valence-electron chi connectivity index (χ3n) is 1.98. The summed E-state index contributed by atoms with van der Waals surface area (Å²) in [7, 11) is 0. The summed E-state index contributed by atoms with van der Waals surface area (Å²) in [6.45, 7) is 1.08. The normalized spacial score (nSPS) is 17.2. The van der Waals surface area contributed by atoms with Crippen molar-refractivity contribution in [2.75, 3.05) is 0 Å². The topological polar surface area (TPSA) is 17.8 Å². The van der Waals surface area contributed by atoms with E-state index in [1.54, 1.807) is 0 Å². The van der Waals surface area contributed by atoms with Crippen molar-refractivity contribution in [2.45, 2.75) is 25.3 Å². The zero-order valence-electron chi connectivity index (χ0n) is 6.33. The van der Waals surface area contributed by atoms with Gasteiger partial charge in [-0.25, -0.2) is 0 Å². The predicted octanol–water partition coefficient (Wildman–Crippen LogP) is 2.03. The number of alkyl halides is 1. The van der Waals surface area contributed by atoms with Crippen molar-refractivity contribution in [2.24, 2.45) is 5.92 Å². The summed E-state index contributed by atoms with van der Waals surface area (Å²) in [6, 6.07) is 0. The Kier molecular flexibility index (Phi) is 1.86. The highest BCUT2D eigenvalue weighted by Crippen LogP contribution is 2.30. The Bertz CT molecular complexity index is 240.